The van der Waals surface area contributed by atoms with Crippen LogP contribution in [0.25, 0.3) is 0 Å². The van der Waals surface area contributed by atoms with Crippen molar-refractivity contribution in [2.24, 2.45) is 0 Å². The number of nitrogens with one attached hydrogen (secondary N) is 1. The maximum Gasteiger partial charge on any atom is 0.276 e. The molecule has 1 aromatic carbocycles. The Morgan fingerprint density at radius 3 is 2.44 bits per heavy atom. The maximum atomic E-state index is 12.9. The summed E-state index contributed by atoms with van der Waals surface area (Å²) >= 11 is 0. The number of amides is 2. The average molecular weight is 360 g/mol. The number of nitrogens with zero attached hydrogens (tertiary/aromatic N) is 3. The van der Waals surface area contributed by atoms with Crippen LogP contribution in [0.15, 0.2) is 73.1 Å². The van der Waals surface area contributed by atoms with Crippen molar-refractivity contribution in [2.45, 2.75) is 13.5 Å². The van der Waals surface area contributed by atoms with Crippen LogP contribution in [0, 0.1) is 0 Å². The van der Waals surface area contributed by atoms with Gasteiger partial charge >= 0.3 is 0 Å². The summed E-state index contributed by atoms with van der Waals surface area (Å²) in [4.78, 5) is 35.2. The maximum absolute atomic E-state index is 12.9. The monoisotopic (exact) mass is 360 g/mol. The molecule has 27 heavy (non-hydrogen) atoms. The first-order valence-electron chi connectivity index (χ1n) is 8.70. The van der Waals surface area contributed by atoms with Gasteiger partial charge in [0.2, 0.25) is 0 Å². The third kappa shape index (κ3) is 4.55. The quantitative estimate of drug-likeness (QED) is 0.733. The van der Waals surface area contributed by atoms with Crippen LogP contribution >= 0.6 is 0 Å². The predicted octanol–water partition coefficient (Wildman–Crippen LogP) is 3.07. The molecule has 0 unspecified atom stereocenters. The zero-order valence-electron chi connectivity index (χ0n) is 15.0. The van der Waals surface area contributed by atoms with E-state index in [0.717, 1.165) is 11.4 Å². The normalized spacial score (nSPS) is 10.3. The van der Waals surface area contributed by atoms with E-state index >= 15 is 0 Å². The molecule has 0 saturated heterocycles. The number of benzene rings is 1. The Morgan fingerprint density at radius 1 is 0.963 bits per heavy atom. The first-order chi connectivity index (χ1) is 13.2. The van der Waals surface area contributed by atoms with E-state index in [1.54, 1.807) is 17.2 Å². The first-order valence-corrected chi connectivity index (χ1v) is 8.70. The number of hydrogen-bond acceptors (Lipinski definition) is 4. The second kappa shape index (κ2) is 8.71. The molecule has 6 nitrogen and oxygen atoms in total. The Labute approximate surface area is 157 Å². The number of carbonyl (C=O) groups excluding carboxylic acids is 2. The zero-order valence-corrected chi connectivity index (χ0v) is 15.0. The molecule has 0 spiro atoms. The minimum absolute atomic E-state index is 0.228. The fourth-order valence-electron chi connectivity index (χ4n) is 2.65. The molecule has 3 aromatic rings. The van der Waals surface area contributed by atoms with Crippen molar-refractivity contribution in [2.75, 3.05) is 11.4 Å². The van der Waals surface area contributed by atoms with Gasteiger partial charge < -0.3 is 10.2 Å². The topological polar surface area (TPSA) is 75.2 Å². The second-order valence-corrected chi connectivity index (χ2v) is 5.82. The summed E-state index contributed by atoms with van der Waals surface area (Å²) in [7, 11) is 0. The predicted molar refractivity (Wildman–Crippen MR) is 103 cm³/mol. The lowest BCUT2D eigenvalue weighted by Gasteiger charge is -2.20. The summed E-state index contributed by atoms with van der Waals surface area (Å²) in [5.41, 5.74) is 2.16. The van der Waals surface area contributed by atoms with E-state index in [-0.39, 0.29) is 17.5 Å². The van der Waals surface area contributed by atoms with Crippen molar-refractivity contribution in [3.05, 3.63) is 90.0 Å². The van der Waals surface area contributed by atoms with Crippen molar-refractivity contribution in [1.82, 2.24) is 15.3 Å². The summed E-state index contributed by atoms with van der Waals surface area (Å²) in [6.07, 6.45) is 3.15. The Bertz CT molecular complexity index is 914. The SMILES string of the molecule is CCN(C(=O)c1cc(C(=O)NCc2ccccn2)ccn1)c1ccccc1. The van der Waals surface area contributed by atoms with Gasteiger partial charge in [-0.05, 0) is 43.3 Å². The Hall–Kier alpha value is -3.54. The van der Waals surface area contributed by atoms with E-state index in [4.69, 9.17) is 0 Å². The lowest BCUT2D eigenvalue weighted by molar-refractivity contribution is 0.0950. The standard InChI is InChI=1S/C21H20N4O2/c1-2-25(18-9-4-3-5-10-18)21(27)19-14-16(11-13-23-19)20(26)24-15-17-8-6-7-12-22-17/h3-14H,2,15H2,1H3,(H,24,26). The van der Waals surface area contributed by atoms with Crippen molar-refractivity contribution in [3.63, 3.8) is 0 Å². The van der Waals surface area contributed by atoms with Crippen LogP contribution in [0.2, 0.25) is 0 Å². The number of carbonyl (C=O) groups is 2. The van der Waals surface area contributed by atoms with Gasteiger partial charge in [0.25, 0.3) is 11.8 Å². The lowest BCUT2D eigenvalue weighted by Crippen LogP contribution is -2.31. The van der Waals surface area contributed by atoms with E-state index in [1.165, 1.54) is 12.3 Å². The molecule has 6 heteroatoms. The van der Waals surface area contributed by atoms with Gasteiger partial charge in [-0.2, -0.15) is 0 Å². The molecule has 0 aliphatic rings. The molecule has 2 heterocycles. The Balaban J connectivity index is 1.74. The molecule has 136 valence electrons. The molecule has 0 atom stereocenters. The Kier molecular flexibility index (Phi) is 5.89. The van der Waals surface area contributed by atoms with Gasteiger partial charge in [0.15, 0.2) is 0 Å². The molecule has 2 amide bonds. The fourth-order valence-corrected chi connectivity index (χ4v) is 2.65. The molecule has 0 aliphatic heterocycles. The lowest BCUT2D eigenvalue weighted by atomic mass is 10.2. The molecule has 0 aliphatic carbocycles. The highest BCUT2D eigenvalue weighted by Gasteiger charge is 2.18. The molecule has 0 bridgehead atoms. The Morgan fingerprint density at radius 2 is 1.74 bits per heavy atom. The van der Waals surface area contributed by atoms with Gasteiger partial charge in [-0.1, -0.05) is 24.3 Å². The largest absolute Gasteiger partial charge is 0.346 e. The van der Waals surface area contributed by atoms with E-state index in [1.807, 2.05) is 55.5 Å². The molecular weight excluding hydrogens is 340 g/mol. The highest BCUT2D eigenvalue weighted by atomic mass is 16.2. The van der Waals surface area contributed by atoms with Crippen molar-refractivity contribution in [3.8, 4) is 0 Å². The highest BCUT2D eigenvalue weighted by Crippen LogP contribution is 2.16. The number of pyridine rings is 2. The summed E-state index contributed by atoms with van der Waals surface area (Å²) in [5.74, 6) is -0.525. The molecule has 3 rings (SSSR count). The number of anilines is 1. The average Bonchev–Trinajstić information content (AvgIpc) is 2.74. The van der Waals surface area contributed by atoms with Gasteiger partial charge in [0.1, 0.15) is 5.69 Å². The summed E-state index contributed by atoms with van der Waals surface area (Å²) < 4.78 is 0. The third-order valence-corrected chi connectivity index (χ3v) is 4.03. The summed E-state index contributed by atoms with van der Waals surface area (Å²) in [6, 6.07) is 18.0. The molecule has 1 N–H and O–H groups in total. The van der Waals surface area contributed by atoms with Crippen molar-refractivity contribution < 1.29 is 9.59 Å². The van der Waals surface area contributed by atoms with Crippen LogP contribution < -0.4 is 10.2 Å². The molecule has 2 aromatic heterocycles. The van der Waals surface area contributed by atoms with Crippen LogP contribution in [-0.4, -0.2) is 28.3 Å². The summed E-state index contributed by atoms with van der Waals surface area (Å²) in [6.45, 7) is 2.71. The first kappa shape index (κ1) is 18.3. The van der Waals surface area contributed by atoms with Crippen LogP contribution in [0.1, 0.15) is 33.5 Å². The highest BCUT2D eigenvalue weighted by molar-refractivity contribution is 6.06. The van der Waals surface area contributed by atoms with E-state index in [0.29, 0.717) is 18.7 Å². The van der Waals surface area contributed by atoms with Gasteiger partial charge in [0.05, 0.1) is 12.2 Å². The van der Waals surface area contributed by atoms with Crippen LogP contribution in [0.5, 0.6) is 0 Å². The van der Waals surface area contributed by atoms with Crippen LogP contribution in [0.4, 0.5) is 5.69 Å². The number of para-hydroxylation sites is 1. The number of hydrogen-bond donors (Lipinski definition) is 1. The van der Waals surface area contributed by atoms with Gasteiger partial charge in [-0.25, -0.2) is 0 Å². The second-order valence-electron chi connectivity index (χ2n) is 5.82. The fraction of sp³-hybridized carbons (Fsp3) is 0.143. The van der Waals surface area contributed by atoms with Crippen LogP contribution in [-0.2, 0) is 6.54 Å². The number of rotatable bonds is 6. The van der Waals surface area contributed by atoms with Crippen LogP contribution in [0.3, 0.4) is 0 Å². The molecule has 0 saturated carbocycles. The molecule has 0 fully saturated rings. The van der Waals surface area contributed by atoms with E-state index < -0.39 is 0 Å². The van der Waals surface area contributed by atoms with Gasteiger partial charge in [-0.3, -0.25) is 19.6 Å². The van der Waals surface area contributed by atoms with Crippen molar-refractivity contribution in [1.29, 1.82) is 0 Å². The van der Waals surface area contributed by atoms with Crippen molar-refractivity contribution >= 4 is 17.5 Å². The number of aromatic nitrogens is 2. The smallest absolute Gasteiger partial charge is 0.276 e. The minimum atomic E-state index is -0.278. The summed E-state index contributed by atoms with van der Waals surface area (Å²) in [5, 5.41) is 2.80. The van der Waals surface area contributed by atoms with Gasteiger partial charge in [0, 0.05) is 30.2 Å². The van der Waals surface area contributed by atoms with Gasteiger partial charge in [-0.15, -0.1) is 0 Å². The van der Waals surface area contributed by atoms with E-state index in [2.05, 4.69) is 15.3 Å². The molecular formula is C21H20N4O2. The minimum Gasteiger partial charge on any atom is -0.346 e. The molecule has 0 radical (unpaired) electrons. The van der Waals surface area contributed by atoms with E-state index in [9.17, 15) is 9.59 Å². The zero-order chi connectivity index (χ0) is 19.1. The third-order valence-electron chi connectivity index (χ3n) is 4.03.